The van der Waals surface area contributed by atoms with Gasteiger partial charge in [0.05, 0.1) is 11.1 Å². The minimum Gasteiger partial charge on any atom is -0.506 e. The van der Waals surface area contributed by atoms with Crippen LogP contribution in [0.4, 0.5) is 36.3 Å². The van der Waals surface area contributed by atoms with Crippen LogP contribution in [-0.4, -0.2) is 32.8 Å². The fourth-order valence-corrected chi connectivity index (χ4v) is 2.08. The first-order chi connectivity index (χ1) is 11.3. The molecule has 2 heterocycles. The molecule has 1 aromatic carbocycles. The van der Waals surface area contributed by atoms with Crippen molar-refractivity contribution in [2.75, 3.05) is 22.9 Å². The second-order valence-electron chi connectivity index (χ2n) is 5.00. The summed E-state index contributed by atoms with van der Waals surface area (Å²) < 4.78 is 37.3. The molecular weight excluding hydrogens is 325 g/mol. The predicted molar refractivity (Wildman–Crippen MR) is 84.2 cm³/mol. The van der Waals surface area contributed by atoms with Crippen molar-refractivity contribution in [1.82, 2.24) is 15.0 Å². The van der Waals surface area contributed by atoms with Gasteiger partial charge in [0.15, 0.2) is 0 Å². The number of hydrogen-bond acceptors (Lipinski definition) is 6. The van der Waals surface area contributed by atoms with E-state index in [0.717, 1.165) is 0 Å². The highest BCUT2D eigenvalue weighted by Crippen LogP contribution is 2.27. The number of phenols is 1. The van der Waals surface area contributed by atoms with Crippen LogP contribution in [0.25, 0.3) is 11.0 Å². The molecule has 0 unspecified atom stereocenters. The molecule has 2 aromatic heterocycles. The van der Waals surface area contributed by atoms with Gasteiger partial charge in [-0.15, -0.1) is 0 Å². The van der Waals surface area contributed by atoms with Crippen molar-refractivity contribution < 1.29 is 18.3 Å². The SMILES string of the molecule is Nc1cc(Nc2nc(NCC(F)(F)F)c3cc[nH]c3n2)ccc1O. The summed E-state index contributed by atoms with van der Waals surface area (Å²) in [4.78, 5) is 11.1. The number of fused-ring (bicyclic) bond motifs is 1. The summed E-state index contributed by atoms with van der Waals surface area (Å²) in [5.41, 5.74) is 6.61. The molecule has 24 heavy (non-hydrogen) atoms. The number of H-pyrrole nitrogens is 1. The number of nitrogens with one attached hydrogen (secondary N) is 3. The average Bonchev–Trinajstić information content (AvgIpc) is 2.96. The number of nitrogen functional groups attached to an aromatic ring is 1. The lowest BCUT2D eigenvalue weighted by Gasteiger charge is -2.12. The van der Waals surface area contributed by atoms with Gasteiger partial charge in [-0.1, -0.05) is 0 Å². The van der Waals surface area contributed by atoms with E-state index < -0.39 is 12.7 Å². The molecule has 0 spiro atoms. The fourth-order valence-electron chi connectivity index (χ4n) is 2.08. The van der Waals surface area contributed by atoms with E-state index in [2.05, 4.69) is 25.6 Å². The van der Waals surface area contributed by atoms with Crippen molar-refractivity contribution in [2.24, 2.45) is 0 Å². The molecule has 6 N–H and O–H groups in total. The Morgan fingerprint density at radius 3 is 2.71 bits per heavy atom. The van der Waals surface area contributed by atoms with Gasteiger partial charge in [-0.2, -0.15) is 23.1 Å². The van der Waals surface area contributed by atoms with Gasteiger partial charge in [-0.25, -0.2) is 0 Å². The molecule has 7 nitrogen and oxygen atoms in total. The van der Waals surface area contributed by atoms with Crippen molar-refractivity contribution in [2.45, 2.75) is 6.18 Å². The Morgan fingerprint density at radius 2 is 2.00 bits per heavy atom. The molecule has 0 aliphatic rings. The topological polar surface area (TPSA) is 112 Å². The minimum atomic E-state index is -4.37. The van der Waals surface area contributed by atoms with E-state index in [0.29, 0.717) is 16.7 Å². The number of aromatic nitrogens is 3. The molecule has 0 radical (unpaired) electrons. The first kappa shape index (κ1) is 15.7. The third-order valence-corrected chi connectivity index (χ3v) is 3.16. The maximum Gasteiger partial charge on any atom is 0.405 e. The lowest BCUT2D eigenvalue weighted by atomic mass is 10.2. The summed E-state index contributed by atoms with van der Waals surface area (Å²) >= 11 is 0. The maximum absolute atomic E-state index is 12.4. The van der Waals surface area contributed by atoms with Crippen molar-refractivity contribution >= 4 is 34.2 Å². The zero-order chi connectivity index (χ0) is 17.3. The van der Waals surface area contributed by atoms with Crippen molar-refractivity contribution in [3.8, 4) is 5.75 Å². The Hall–Kier alpha value is -3.17. The van der Waals surface area contributed by atoms with E-state index in [9.17, 15) is 18.3 Å². The number of hydrogen-bond donors (Lipinski definition) is 5. The van der Waals surface area contributed by atoms with E-state index in [4.69, 9.17) is 5.73 Å². The zero-order valence-corrected chi connectivity index (χ0v) is 12.1. The quantitative estimate of drug-likeness (QED) is 0.284. The monoisotopic (exact) mass is 338 g/mol. The van der Waals surface area contributed by atoms with Gasteiger partial charge >= 0.3 is 6.18 Å². The summed E-state index contributed by atoms with van der Waals surface area (Å²) in [6.07, 6.45) is -2.81. The van der Waals surface area contributed by atoms with Crippen LogP contribution >= 0.6 is 0 Å². The molecule has 0 bridgehead atoms. The Morgan fingerprint density at radius 1 is 1.21 bits per heavy atom. The van der Waals surface area contributed by atoms with E-state index >= 15 is 0 Å². The minimum absolute atomic E-state index is 0.0489. The second-order valence-corrected chi connectivity index (χ2v) is 5.00. The summed E-state index contributed by atoms with van der Waals surface area (Å²) in [7, 11) is 0. The van der Waals surface area contributed by atoms with Gasteiger partial charge in [-0.3, -0.25) is 0 Å². The summed E-state index contributed by atoms with van der Waals surface area (Å²) in [5, 5.41) is 14.9. The van der Waals surface area contributed by atoms with Crippen LogP contribution in [0.3, 0.4) is 0 Å². The van der Waals surface area contributed by atoms with Gasteiger partial charge in [0.1, 0.15) is 23.8 Å². The molecule has 0 amide bonds. The zero-order valence-electron chi connectivity index (χ0n) is 12.1. The second kappa shape index (κ2) is 5.80. The van der Waals surface area contributed by atoms with Gasteiger partial charge in [0, 0.05) is 11.9 Å². The van der Waals surface area contributed by atoms with Gasteiger partial charge < -0.3 is 26.5 Å². The van der Waals surface area contributed by atoms with E-state index in [1.807, 2.05) is 0 Å². The number of benzene rings is 1. The largest absolute Gasteiger partial charge is 0.506 e. The smallest absolute Gasteiger partial charge is 0.405 e. The van der Waals surface area contributed by atoms with Crippen LogP contribution < -0.4 is 16.4 Å². The number of anilines is 4. The third-order valence-electron chi connectivity index (χ3n) is 3.16. The Kier molecular flexibility index (Phi) is 3.80. The molecule has 0 atom stereocenters. The molecule has 0 aliphatic carbocycles. The van der Waals surface area contributed by atoms with Crippen LogP contribution in [0.15, 0.2) is 30.5 Å². The number of halogens is 3. The molecule has 0 fully saturated rings. The predicted octanol–water partition coefficient (Wildman–Crippen LogP) is 2.96. The average molecular weight is 338 g/mol. The van der Waals surface area contributed by atoms with Crippen molar-refractivity contribution in [3.05, 3.63) is 30.5 Å². The van der Waals surface area contributed by atoms with Crippen LogP contribution in [0.2, 0.25) is 0 Å². The van der Waals surface area contributed by atoms with Gasteiger partial charge in [0.2, 0.25) is 5.95 Å². The molecule has 0 saturated carbocycles. The number of phenolic OH excluding ortho intramolecular Hbond substituents is 1. The number of rotatable bonds is 4. The van der Waals surface area contributed by atoms with Crippen LogP contribution in [0, 0.1) is 0 Å². The molecule has 126 valence electrons. The third kappa shape index (κ3) is 3.42. The van der Waals surface area contributed by atoms with Gasteiger partial charge in [-0.05, 0) is 24.3 Å². The number of nitrogens with two attached hydrogens (primary N) is 1. The fraction of sp³-hybridized carbons (Fsp3) is 0.143. The highest BCUT2D eigenvalue weighted by molar-refractivity contribution is 5.88. The maximum atomic E-state index is 12.4. The van der Waals surface area contributed by atoms with Gasteiger partial charge in [0.25, 0.3) is 0 Å². The molecule has 0 saturated heterocycles. The number of aromatic hydroxyl groups is 1. The molecular formula is C14H13F3N6O. The Balaban J connectivity index is 1.91. The van der Waals surface area contributed by atoms with E-state index in [1.54, 1.807) is 12.3 Å². The van der Waals surface area contributed by atoms with Crippen molar-refractivity contribution in [1.29, 1.82) is 0 Å². The number of aromatic amines is 1. The van der Waals surface area contributed by atoms with E-state index in [-0.39, 0.29) is 23.2 Å². The van der Waals surface area contributed by atoms with Crippen LogP contribution in [0.1, 0.15) is 0 Å². The molecule has 10 heteroatoms. The Bertz CT molecular complexity index is 877. The molecule has 3 rings (SSSR count). The first-order valence-corrected chi connectivity index (χ1v) is 6.83. The lowest BCUT2D eigenvalue weighted by Crippen LogP contribution is -2.22. The summed E-state index contributed by atoms with van der Waals surface area (Å²) in [6.45, 7) is -1.21. The normalized spacial score (nSPS) is 11.6. The number of alkyl halides is 3. The van der Waals surface area contributed by atoms with Crippen LogP contribution in [-0.2, 0) is 0 Å². The first-order valence-electron chi connectivity index (χ1n) is 6.83. The van der Waals surface area contributed by atoms with Crippen LogP contribution in [0.5, 0.6) is 5.75 Å². The lowest BCUT2D eigenvalue weighted by molar-refractivity contribution is -0.115. The molecule has 3 aromatic rings. The standard InChI is InChI=1S/C14H13F3N6O/c15-14(16,17)6-20-12-8-3-4-19-11(8)22-13(23-12)21-7-1-2-10(24)9(18)5-7/h1-5,24H,6,18H2,(H3,19,20,21,22,23). The highest BCUT2D eigenvalue weighted by atomic mass is 19.4. The summed E-state index contributed by atoms with van der Waals surface area (Å²) in [5.74, 6) is 0.0568. The summed E-state index contributed by atoms with van der Waals surface area (Å²) in [6, 6.07) is 5.96. The molecule has 0 aliphatic heterocycles. The van der Waals surface area contributed by atoms with Crippen molar-refractivity contribution in [3.63, 3.8) is 0 Å². The number of nitrogens with zero attached hydrogens (tertiary/aromatic N) is 2. The Labute approximate surface area is 133 Å². The van der Waals surface area contributed by atoms with E-state index in [1.165, 1.54) is 18.2 Å². The highest BCUT2D eigenvalue weighted by Gasteiger charge is 2.27.